The molecule has 3 nitrogen and oxygen atoms in total. The van der Waals surface area contributed by atoms with Crippen molar-refractivity contribution in [3.05, 3.63) is 121 Å². The van der Waals surface area contributed by atoms with Crippen LogP contribution in [0.5, 0.6) is 5.75 Å². The van der Waals surface area contributed by atoms with E-state index in [4.69, 9.17) is 9.47 Å². The van der Waals surface area contributed by atoms with E-state index in [0.717, 1.165) is 6.16 Å². The number of hydrogen-bond donors (Lipinski definition) is 0. The molecule has 0 unspecified atom stereocenters. The van der Waals surface area contributed by atoms with Crippen molar-refractivity contribution in [2.24, 2.45) is 0 Å². The van der Waals surface area contributed by atoms with E-state index in [1.165, 1.54) is 21.5 Å². The van der Waals surface area contributed by atoms with Crippen LogP contribution in [0.25, 0.3) is 0 Å². The van der Waals surface area contributed by atoms with Crippen molar-refractivity contribution in [3.8, 4) is 5.75 Å². The second-order valence-corrected chi connectivity index (χ2v) is 18.3. The number of ether oxygens (including phenoxy) is 2. The van der Waals surface area contributed by atoms with Gasteiger partial charge in [-0.25, -0.2) is 0 Å². The Kier molecular flexibility index (Phi) is 7.68. The molecule has 0 aliphatic heterocycles. The summed E-state index contributed by atoms with van der Waals surface area (Å²) in [5.41, 5.74) is 0.104. The Morgan fingerprint density at radius 2 is 1.14 bits per heavy atom. The average molecular weight is 563 g/mol. The van der Waals surface area contributed by atoms with Gasteiger partial charge in [-0.1, -0.05) is 0 Å². The van der Waals surface area contributed by atoms with E-state index >= 15 is 0 Å². The van der Waals surface area contributed by atoms with E-state index in [1.807, 2.05) is 12.1 Å². The first-order chi connectivity index (χ1) is 17.3. The van der Waals surface area contributed by atoms with Crippen molar-refractivity contribution in [3.63, 3.8) is 0 Å². The maximum atomic E-state index is 12.3. The molecule has 5 heteroatoms. The van der Waals surface area contributed by atoms with E-state index in [0.29, 0.717) is 12.4 Å². The molecule has 0 N–H and O–H groups in total. The molecule has 0 fully saturated rings. The molecule has 0 heterocycles. The van der Waals surface area contributed by atoms with E-state index < -0.39 is 10.9 Å². The molecule has 36 heavy (non-hydrogen) atoms. The van der Waals surface area contributed by atoms with E-state index in [1.54, 1.807) is 20.8 Å². The standard InChI is InChI=1S/C31H32BrO3P/c1-4-34-30(33)31(2,3)35-26-22-20-25(21-23-26)24-36(32,27-14-8-5-9-15-27,28-16-10-6-11-17-28)29-18-12-7-13-19-29/h5-23H,4,24H2,1-3H3. The first kappa shape index (κ1) is 26.1. The van der Waals surface area contributed by atoms with Gasteiger partial charge in [0.1, 0.15) is 0 Å². The van der Waals surface area contributed by atoms with Crippen molar-refractivity contribution in [1.82, 2.24) is 0 Å². The van der Waals surface area contributed by atoms with E-state index in [9.17, 15) is 4.79 Å². The summed E-state index contributed by atoms with van der Waals surface area (Å²) < 4.78 is 11.2. The molecule has 0 spiro atoms. The van der Waals surface area contributed by atoms with Crippen LogP contribution in [-0.2, 0) is 15.7 Å². The minimum absolute atomic E-state index is 0.321. The normalized spacial score (nSPS) is 12.8. The second-order valence-electron chi connectivity index (χ2n) is 9.32. The number of carbonyl (C=O) groups excluding carboxylic acids is 1. The van der Waals surface area contributed by atoms with Gasteiger partial charge < -0.3 is 0 Å². The van der Waals surface area contributed by atoms with Gasteiger partial charge in [-0.15, -0.1) is 0 Å². The molecule has 4 aromatic rings. The Morgan fingerprint density at radius 3 is 1.53 bits per heavy atom. The molecule has 0 radical (unpaired) electrons. The molecule has 186 valence electrons. The Balaban J connectivity index is 1.81. The Morgan fingerprint density at radius 1 is 0.722 bits per heavy atom. The number of esters is 1. The van der Waals surface area contributed by atoms with Gasteiger partial charge in [-0.05, 0) is 0 Å². The molecule has 4 aromatic carbocycles. The Bertz CT molecular complexity index is 1190. The third kappa shape index (κ3) is 4.98. The average Bonchev–Trinajstić information content (AvgIpc) is 2.91. The predicted molar refractivity (Wildman–Crippen MR) is 156 cm³/mol. The fourth-order valence-electron chi connectivity index (χ4n) is 4.58. The Hall–Kier alpha value is -2.94. The third-order valence-corrected chi connectivity index (χ3v) is 15.9. The van der Waals surface area contributed by atoms with Crippen molar-refractivity contribution >= 4 is 42.7 Å². The van der Waals surface area contributed by atoms with Crippen LogP contribution in [0.15, 0.2) is 115 Å². The second kappa shape index (κ2) is 10.6. The fourth-order valence-corrected chi connectivity index (χ4v) is 12.3. The van der Waals surface area contributed by atoms with Crippen LogP contribution in [0.1, 0.15) is 26.3 Å². The molecule has 0 atom stereocenters. The first-order valence-electron chi connectivity index (χ1n) is 12.1. The van der Waals surface area contributed by atoms with Gasteiger partial charge in [-0.2, -0.15) is 0 Å². The maximum absolute atomic E-state index is 12.3. The zero-order valence-corrected chi connectivity index (χ0v) is 23.4. The van der Waals surface area contributed by atoms with Crippen LogP contribution in [-0.4, -0.2) is 18.2 Å². The van der Waals surface area contributed by atoms with Crippen LogP contribution < -0.4 is 20.7 Å². The number of rotatable bonds is 9. The summed E-state index contributed by atoms with van der Waals surface area (Å²) in [4.78, 5) is 12.3. The molecule has 0 saturated carbocycles. The van der Waals surface area contributed by atoms with Crippen molar-refractivity contribution < 1.29 is 14.3 Å². The zero-order valence-electron chi connectivity index (χ0n) is 20.9. The SMILES string of the molecule is CCOC(=O)C(C)(C)Oc1ccc(CP(Br)(c2ccccc2)(c2ccccc2)c2ccccc2)cc1. The topological polar surface area (TPSA) is 35.5 Å². The number of hydrogen-bond acceptors (Lipinski definition) is 3. The van der Waals surface area contributed by atoms with Crippen LogP contribution in [0.3, 0.4) is 0 Å². The Labute approximate surface area is 222 Å². The number of carbonyl (C=O) groups is 1. The van der Waals surface area contributed by atoms with Gasteiger partial charge in [0.15, 0.2) is 0 Å². The van der Waals surface area contributed by atoms with E-state index in [2.05, 4.69) is 119 Å². The quantitative estimate of drug-likeness (QED) is 0.167. The van der Waals surface area contributed by atoms with Gasteiger partial charge >= 0.3 is 223 Å². The molecular weight excluding hydrogens is 531 g/mol. The molecule has 0 aromatic heterocycles. The van der Waals surface area contributed by atoms with Gasteiger partial charge in [0, 0.05) is 0 Å². The van der Waals surface area contributed by atoms with Gasteiger partial charge in [-0.3, -0.25) is 0 Å². The minimum atomic E-state index is -3.08. The van der Waals surface area contributed by atoms with Crippen molar-refractivity contribution in [2.75, 3.05) is 6.61 Å². The monoisotopic (exact) mass is 562 g/mol. The molecule has 0 aliphatic rings. The molecule has 0 bridgehead atoms. The summed E-state index contributed by atoms with van der Waals surface area (Å²) >= 11 is 4.50. The summed E-state index contributed by atoms with van der Waals surface area (Å²) in [5, 5.41) is 0.725. The van der Waals surface area contributed by atoms with Gasteiger partial charge in [0.05, 0.1) is 0 Å². The van der Waals surface area contributed by atoms with Crippen LogP contribution in [0.4, 0.5) is 0 Å². The van der Waals surface area contributed by atoms with Crippen molar-refractivity contribution in [1.29, 1.82) is 0 Å². The summed E-state index contributed by atoms with van der Waals surface area (Å²) in [6, 6.07) is 40.3. The number of benzene rings is 4. The fraction of sp³-hybridized carbons (Fsp3) is 0.194. The molecule has 0 saturated heterocycles. The number of halogens is 1. The van der Waals surface area contributed by atoms with Gasteiger partial charge in [0.25, 0.3) is 0 Å². The first-order valence-corrected chi connectivity index (χ1v) is 16.6. The third-order valence-electron chi connectivity index (χ3n) is 6.43. The molecule has 0 aliphatic carbocycles. The van der Waals surface area contributed by atoms with Crippen LogP contribution in [0.2, 0.25) is 0 Å². The molecule has 0 amide bonds. The van der Waals surface area contributed by atoms with E-state index in [-0.39, 0.29) is 5.97 Å². The summed E-state index contributed by atoms with van der Waals surface area (Å²) in [5.74, 6) is 0.252. The van der Waals surface area contributed by atoms with Crippen LogP contribution >= 0.6 is 20.8 Å². The van der Waals surface area contributed by atoms with Crippen molar-refractivity contribution in [2.45, 2.75) is 32.5 Å². The summed E-state index contributed by atoms with van der Waals surface area (Å²) in [6.07, 6.45) is 0.783. The zero-order chi connectivity index (χ0) is 25.7. The molecule has 4 rings (SSSR count). The predicted octanol–water partition coefficient (Wildman–Crippen LogP) is 6.75. The summed E-state index contributed by atoms with van der Waals surface area (Å²) in [7, 11) is 0. The molecular formula is C31H32BrO3P. The van der Waals surface area contributed by atoms with Gasteiger partial charge in [0.2, 0.25) is 0 Å². The summed E-state index contributed by atoms with van der Waals surface area (Å²) in [6.45, 7) is 5.57. The van der Waals surface area contributed by atoms with Crippen LogP contribution in [0, 0.1) is 0 Å².